The van der Waals surface area contributed by atoms with Crippen molar-refractivity contribution in [2.45, 2.75) is 66.4 Å². The Morgan fingerprint density at radius 1 is 0.909 bits per heavy atom. The molecule has 1 heterocycles. The summed E-state index contributed by atoms with van der Waals surface area (Å²) in [5.41, 5.74) is 0.448. The smallest absolute Gasteiger partial charge is 0.348 e. The second-order valence-electron chi connectivity index (χ2n) is 9.04. The zero-order valence-electron chi connectivity index (χ0n) is 20.6. The predicted octanol–water partition coefficient (Wildman–Crippen LogP) is 5.50. The molecule has 33 heavy (non-hydrogen) atoms. The van der Waals surface area contributed by atoms with Gasteiger partial charge in [-0.05, 0) is 63.3 Å². The molecule has 7 nitrogen and oxygen atoms in total. The van der Waals surface area contributed by atoms with Crippen molar-refractivity contribution < 1.29 is 28.6 Å². The maximum atomic E-state index is 13.1. The molecular weight excluding hydrogens is 442 g/mol. The first-order valence-electron chi connectivity index (χ1n) is 10.9. The zero-order chi connectivity index (χ0) is 25.0. The lowest BCUT2D eigenvalue weighted by Gasteiger charge is -2.26. The molecule has 0 saturated carbocycles. The summed E-state index contributed by atoms with van der Waals surface area (Å²) < 4.78 is 16.2. The van der Waals surface area contributed by atoms with Crippen LogP contribution in [0.1, 0.15) is 79.6 Å². The van der Waals surface area contributed by atoms with E-state index in [0.29, 0.717) is 11.3 Å². The van der Waals surface area contributed by atoms with Gasteiger partial charge in [-0.15, -0.1) is 11.3 Å². The Labute approximate surface area is 199 Å². The van der Waals surface area contributed by atoms with Gasteiger partial charge in [0.05, 0.1) is 18.8 Å². The molecule has 0 fully saturated rings. The molecule has 0 saturated heterocycles. The van der Waals surface area contributed by atoms with Crippen molar-refractivity contribution in [2.75, 3.05) is 18.5 Å². The van der Waals surface area contributed by atoms with Crippen LogP contribution in [0, 0.1) is 6.92 Å². The van der Waals surface area contributed by atoms with Crippen LogP contribution in [0.2, 0.25) is 0 Å². The van der Waals surface area contributed by atoms with E-state index in [-0.39, 0.29) is 34.1 Å². The second kappa shape index (κ2) is 10.4. The third-order valence-electron chi connectivity index (χ3n) is 4.95. The Morgan fingerprint density at radius 3 is 1.97 bits per heavy atom. The number of ether oxygens (including phenoxy) is 3. The van der Waals surface area contributed by atoms with Gasteiger partial charge in [0.25, 0.3) is 5.91 Å². The van der Waals surface area contributed by atoms with Crippen LogP contribution in [-0.2, 0) is 19.7 Å². The van der Waals surface area contributed by atoms with Crippen molar-refractivity contribution in [3.63, 3.8) is 0 Å². The summed E-state index contributed by atoms with van der Waals surface area (Å²) in [6.45, 7) is 15.0. The van der Waals surface area contributed by atoms with Gasteiger partial charge < -0.3 is 19.5 Å². The fourth-order valence-electron chi connectivity index (χ4n) is 3.06. The highest BCUT2D eigenvalue weighted by Crippen LogP contribution is 2.35. The van der Waals surface area contributed by atoms with Gasteiger partial charge in [-0.2, -0.15) is 0 Å². The molecule has 8 heteroatoms. The molecule has 0 bridgehead atoms. The Morgan fingerprint density at radius 2 is 1.45 bits per heavy atom. The SMILES string of the molecule is CCOC(=O)c1sc(NC(=O)C(C)(C)Oc2ccc(C(C)(C)C)cc2)c(C(=O)OCC)c1C. The summed E-state index contributed by atoms with van der Waals surface area (Å²) in [5, 5.41) is 2.97. The molecule has 1 N–H and O–H groups in total. The largest absolute Gasteiger partial charge is 0.478 e. The minimum absolute atomic E-state index is 0.00256. The van der Waals surface area contributed by atoms with Gasteiger partial charge in [0, 0.05) is 0 Å². The summed E-state index contributed by atoms with van der Waals surface area (Å²) in [7, 11) is 0. The third kappa shape index (κ3) is 6.35. The van der Waals surface area contributed by atoms with Crippen molar-refractivity contribution in [3.8, 4) is 5.75 Å². The number of amides is 1. The monoisotopic (exact) mass is 475 g/mol. The predicted molar refractivity (Wildman–Crippen MR) is 129 cm³/mol. The fraction of sp³-hybridized carbons (Fsp3) is 0.480. The normalized spacial score (nSPS) is 11.6. The van der Waals surface area contributed by atoms with E-state index in [2.05, 4.69) is 26.1 Å². The maximum Gasteiger partial charge on any atom is 0.348 e. The molecule has 2 aromatic rings. The molecule has 0 spiro atoms. The van der Waals surface area contributed by atoms with Gasteiger partial charge in [0.1, 0.15) is 15.6 Å². The molecular formula is C25H33NO6S. The summed E-state index contributed by atoms with van der Waals surface area (Å²) in [6, 6.07) is 7.59. The average Bonchev–Trinajstić information content (AvgIpc) is 3.03. The summed E-state index contributed by atoms with van der Waals surface area (Å²) >= 11 is 0.981. The number of nitrogens with one attached hydrogen (secondary N) is 1. The van der Waals surface area contributed by atoms with Crippen molar-refractivity contribution in [3.05, 3.63) is 45.8 Å². The van der Waals surface area contributed by atoms with Crippen LogP contribution < -0.4 is 10.1 Å². The highest BCUT2D eigenvalue weighted by Gasteiger charge is 2.34. The van der Waals surface area contributed by atoms with Crippen molar-refractivity contribution >= 4 is 34.2 Å². The highest BCUT2D eigenvalue weighted by molar-refractivity contribution is 7.18. The van der Waals surface area contributed by atoms with E-state index in [1.807, 2.05) is 24.3 Å². The van der Waals surface area contributed by atoms with Gasteiger partial charge in [0.2, 0.25) is 0 Å². The number of hydrogen-bond acceptors (Lipinski definition) is 7. The number of carbonyl (C=O) groups excluding carboxylic acids is 3. The second-order valence-corrected chi connectivity index (χ2v) is 10.1. The molecule has 0 aliphatic heterocycles. The molecule has 1 amide bonds. The summed E-state index contributed by atoms with van der Waals surface area (Å²) in [6.07, 6.45) is 0. The number of hydrogen-bond donors (Lipinski definition) is 1. The number of anilines is 1. The molecule has 1 aromatic carbocycles. The van der Waals surface area contributed by atoms with E-state index in [1.54, 1.807) is 34.6 Å². The van der Waals surface area contributed by atoms with Crippen LogP contribution in [-0.4, -0.2) is 36.7 Å². The standard InChI is InChI=1S/C25H33NO6S/c1-9-30-21(27)18-15(3)19(22(28)31-10-2)33-20(18)26-23(29)25(7,8)32-17-13-11-16(12-14-17)24(4,5)6/h11-14H,9-10H2,1-8H3,(H,26,29). The minimum atomic E-state index is -1.25. The quantitative estimate of drug-likeness (QED) is 0.507. The van der Waals surface area contributed by atoms with E-state index in [1.165, 1.54) is 0 Å². The van der Waals surface area contributed by atoms with E-state index in [0.717, 1.165) is 16.9 Å². The lowest BCUT2D eigenvalue weighted by Crippen LogP contribution is -2.42. The Bertz CT molecular complexity index is 1010. The molecule has 2 rings (SSSR count). The Hall–Kier alpha value is -2.87. The van der Waals surface area contributed by atoms with Crippen LogP contribution in [0.3, 0.4) is 0 Å². The Kier molecular flexibility index (Phi) is 8.30. The Balaban J connectivity index is 2.30. The first-order chi connectivity index (χ1) is 15.3. The summed E-state index contributed by atoms with van der Waals surface area (Å²) in [4.78, 5) is 38.3. The van der Waals surface area contributed by atoms with Crippen LogP contribution >= 0.6 is 11.3 Å². The molecule has 0 unspecified atom stereocenters. The van der Waals surface area contributed by atoms with Gasteiger partial charge in [0.15, 0.2) is 5.60 Å². The van der Waals surface area contributed by atoms with Crippen LogP contribution in [0.25, 0.3) is 0 Å². The number of thiophene rings is 1. The number of carbonyl (C=O) groups is 3. The number of esters is 2. The molecule has 180 valence electrons. The summed E-state index contributed by atoms with van der Waals surface area (Å²) in [5.74, 6) is -1.10. The minimum Gasteiger partial charge on any atom is -0.478 e. The van der Waals surface area contributed by atoms with E-state index in [9.17, 15) is 14.4 Å². The van der Waals surface area contributed by atoms with Crippen LogP contribution in [0.4, 0.5) is 5.00 Å². The van der Waals surface area contributed by atoms with Gasteiger partial charge in [-0.25, -0.2) is 9.59 Å². The van der Waals surface area contributed by atoms with Crippen molar-refractivity contribution in [1.82, 2.24) is 0 Å². The topological polar surface area (TPSA) is 90.9 Å². The highest BCUT2D eigenvalue weighted by atomic mass is 32.1. The first-order valence-corrected chi connectivity index (χ1v) is 11.7. The van der Waals surface area contributed by atoms with Gasteiger partial charge in [-0.1, -0.05) is 32.9 Å². The maximum absolute atomic E-state index is 13.1. The molecule has 1 aromatic heterocycles. The number of rotatable bonds is 8. The third-order valence-corrected chi connectivity index (χ3v) is 6.14. The molecule has 0 atom stereocenters. The van der Waals surface area contributed by atoms with Crippen LogP contribution in [0.5, 0.6) is 5.75 Å². The lowest BCUT2D eigenvalue weighted by molar-refractivity contribution is -0.128. The molecule has 0 aliphatic rings. The van der Waals surface area contributed by atoms with Gasteiger partial charge in [-0.3, -0.25) is 4.79 Å². The van der Waals surface area contributed by atoms with E-state index < -0.39 is 23.4 Å². The van der Waals surface area contributed by atoms with Crippen molar-refractivity contribution in [1.29, 1.82) is 0 Å². The molecule has 0 aliphatic carbocycles. The van der Waals surface area contributed by atoms with Crippen molar-refractivity contribution in [2.24, 2.45) is 0 Å². The number of benzene rings is 1. The van der Waals surface area contributed by atoms with E-state index in [4.69, 9.17) is 14.2 Å². The first kappa shape index (κ1) is 26.4. The van der Waals surface area contributed by atoms with E-state index >= 15 is 0 Å². The lowest BCUT2D eigenvalue weighted by atomic mass is 9.87. The zero-order valence-corrected chi connectivity index (χ0v) is 21.4. The molecule has 0 radical (unpaired) electrons. The fourth-order valence-corrected chi connectivity index (χ4v) is 4.14. The average molecular weight is 476 g/mol. The van der Waals surface area contributed by atoms with Crippen LogP contribution in [0.15, 0.2) is 24.3 Å². The van der Waals surface area contributed by atoms with Gasteiger partial charge >= 0.3 is 11.9 Å².